The number of nitrogens with zero attached hydrogens (tertiary/aromatic N) is 1. The Morgan fingerprint density at radius 1 is 1.32 bits per heavy atom. The molecule has 0 aromatic heterocycles. The molecule has 0 saturated carbocycles. The number of guanidine groups is 1. The highest BCUT2D eigenvalue weighted by Gasteiger charge is 2.30. The van der Waals surface area contributed by atoms with E-state index in [1.54, 1.807) is 4.90 Å². The summed E-state index contributed by atoms with van der Waals surface area (Å²) in [4.78, 5) is 13.6. The summed E-state index contributed by atoms with van der Waals surface area (Å²) in [7, 11) is 0. The first-order valence-corrected chi connectivity index (χ1v) is 7.72. The van der Waals surface area contributed by atoms with Gasteiger partial charge in [0.25, 0.3) is 0 Å². The first-order chi connectivity index (χ1) is 11.3. The molecule has 1 saturated heterocycles. The van der Waals surface area contributed by atoms with E-state index in [4.69, 9.17) is 15.9 Å². The minimum atomic E-state index is -4.47. The number of esters is 1. The Bertz CT molecular complexity index is 603. The molecule has 0 atom stereocenters. The van der Waals surface area contributed by atoms with Crippen molar-refractivity contribution in [1.82, 2.24) is 4.90 Å². The molecular weight excluding hydrogens is 359 g/mol. The summed E-state index contributed by atoms with van der Waals surface area (Å²) < 4.78 is 42.8. The van der Waals surface area contributed by atoms with Gasteiger partial charge in [-0.1, -0.05) is 6.07 Å². The number of alkyl halides is 3. The molecule has 3 N–H and O–H groups in total. The number of ether oxygens (including phenoxy) is 1. The summed E-state index contributed by atoms with van der Waals surface area (Å²) in [6.07, 6.45) is -2.04. The van der Waals surface area contributed by atoms with E-state index in [0.717, 1.165) is 25.0 Å². The van der Waals surface area contributed by atoms with Crippen molar-refractivity contribution >= 4 is 24.3 Å². The lowest BCUT2D eigenvalue weighted by atomic mass is 9.92. The zero-order chi connectivity index (χ0) is 17.7. The maximum atomic E-state index is 12.6. The number of rotatable bonds is 4. The van der Waals surface area contributed by atoms with Crippen molar-refractivity contribution < 1.29 is 22.7 Å². The maximum Gasteiger partial charge on any atom is 0.416 e. The Morgan fingerprint density at radius 2 is 1.96 bits per heavy atom. The van der Waals surface area contributed by atoms with Gasteiger partial charge in [0, 0.05) is 19.5 Å². The predicted molar refractivity (Wildman–Crippen MR) is 89.8 cm³/mol. The molecule has 0 unspecified atom stereocenters. The second kappa shape index (κ2) is 8.94. The van der Waals surface area contributed by atoms with Gasteiger partial charge in [0.1, 0.15) is 5.75 Å². The Balaban J connectivity index is 0.00000312. The lowest BCUT2D eigenvalue weighted by Gasteiger charge is -2.31. The van der Waals surface area contributed by atoms with Crippen molar-refractivity contribution in [1.29, 1.82) is 5.41 Å². The fourth-order valence-electron chi connectivity index (χ4n) is 2.70. The third-order valence-electron chi connectivity index (χ3n) is 4.10. The van der Waals surface area contributed by atoms with E-state index in [2.05, 4.69) is 0 Å². The van der Waals surface area contributed by atoms with Crippen LogP contribution in [0.1, 0.15) is 31.2 Å². The SMILES string of the molecule is Cl.N=C(N)N1CCC(CCC(=O)Oc2cccc(C(F)(F)F)c2)CC1. The van der Waals surface area contributed by atoms with Crippen LogP contribution in [0, 0.1) is 11.3 Å². The summed E-state index contributed by atoms with van der Waals surface area (Å²) >= 11 is 0. The van der Waals surface area contributed by atoms with Crippen molar-refractivity contribution in [3.05, 3.63) is 29.8 Å². The number of nitrogens with two attached hydrogens (primary N) is 1. The Kier molecular flexibility index (Phi) is 7.54. The lowest BCUT2D eigenvalue weighted by molar-refractivity contribution is -0.139. The second-order valence-electron chi connectivity index (χ2n) is 5.85. The van der Waals surface area contributed by atoms with E-state index in [-0.39, 0.29) is 30.5 Å². The minimum Gasteiger partial charge on any atom is -0.427 e. The quantitative estimate of drug-likeness (QED) is 0.363. The van der Waals surface area contributed by atoms with Crippen LogP contribution in [-0.4, -0.2) is 29.9 Å². The third-order valence-corrected chi connectivity index (χ3v) is 4.10. The molecule has 0 bridgehead atoms. The molecule has 1 aromatic rings. The van der Waals surface area contributed by atoms with Crippen LogP contribution < -0.4 is 10.5 Å². The molecule has 2 rings (SSSR count). The summed E-state index contributed by atoms with van der Waals surface area (Å²) in [6.45, 7) is 1.37. The molecule has 0 aliphatic carbocycles. The monoisotopic (exact) mass is 379 g/mol. The van der Waals surface area contributed by atoms with Crippen LogP contribution in [0.5, 0.6) is 5.75 Å². The Labute approximate surface area is 150 Å². The average Bonchev–Trinajstić information content (AvgIpc) is 2.53. The van der Waals surface area contributed by atoms with E-state index < -0.39 is 17.7 Å². The van der Waals surface area contributed by atoms with E-state index in [0.29, 0.717) is 25.4 Å². The normalized spacial score (nSPS) is 15.4. The van der Waals surface area contributed by atoms with Gasteiger partial charge < -0.3 is 15.4 Å². The van der Waals surface area contributed by atoms with Gasteiger partial charge in [-0.2, -0.15) is 13.2 Å². The van der Waals surface area contributed by atoms with E-state index >= 15 is 0 Å². The van der Waals surface area contributed by atoms with Crippen molar-refractivity contribution in [3.8, 4) is 5.75 Å². The maximum absolute atomic E-state index is 12.6. The zero-order valence-corrected chi connectivity index (χ0v) is 14.3. The standard InChI is InChI=1S/C16H20F3N3O2.ClH/c17-16(18,19)12-2-1-3-13(10-12)24-14(23)5-4-11-6-8-22(9-7-11)15(20)21;/h1-3,10-11H,4-9H2,(H3,20,21);1H. The first kappa shape index (κ1) is 21.1. The van der Waals surface area contributed by atoms with E-state index in [1.807, 2.05) is 0 Å². The minimum absolute atomic E-state index is 0. The number of piperidine rings is 1. The smallest absolute Gasteiger partial charge is 0.416 e. The predicted octanol–water partition coefficient (Wildman–Crippen LogP) is 3.42. The van der Waals surface area contributed by atoms with Crippen molar-refractivity contribution in [2.45, 2.75) is 31.9 Å². The molecule has 25 heavy (non-hydrogen) atoms. The van der Waals surface area contributed by atoms with Crippen molar-refractivity contribution in [2.24, 2.45) is 11.7 Å². The van der Waals surface area contributed by atoms with Crippen LogP contribution in [0.15, 0.2) is 24.3 Å². The number of benzene rings is 1. The van der Waals surface area contributed by atoms with Gasteiger partial charge in [-0.05, 0) is 43.4 Å². The number of carbonyl (C=O) groups excluding carboxylic acids is 1. The molecule has 9 heteroatoms. The number of carbonyl (C=O) groups is 1. The summed E-state index contributed by atoms with van der Waals surface area (Å²) in [6, 6.07) is 4.30. The molecule has 1 heterocycles. The van der Waals surface area contributed by atoms with Crippen LogP contribution in [0.4, 0.5) is 13.2 Å². The van der Waals surface area contributed by atoms with Crippen LogP contribution in [-0.2, 0) is 11.0 Å². The summed E-state index contributed by atoms with van der Waals surface area (Å²) in [5.41, 5.74) is 4.58. The van der Waals surface area contributed by atoms with E-state index in [9.17, 15) is 18.0 Å². The zero-order valence-electron chi connectivity index (χ0n) is 13.5. The van der Waals surface area contributed by atoms with Crippen molar-refractivity contribution in [2.75, 3.05) is 13.1 Å². The van der Waals surface area contributed by atoms with Gasteiger partial charge in [0.15, 0.2) is 5.96 Å². The topological polar surface area (TPSA) is 79.4 Å². The molecule has 0 spiro atoms. The highest BCUT2D eigenvalue weighted by molar-refractivity contribution is 5.85. The van der Waals surface area contributed by atoms with Gasteiger partial charge in [0.2, 0.25) is 0 Å². The molecule has 5 nitrogen and oxygen atoms in total. The number of hydrogen-bond acceptors (Lipinski definition) is 3. The van der Waals surface area contributed by atoms with Crippen LogP contribution in [0.3, 0.4) is 0 Å². The highest BCUT2D eigenvalue weighted by Crippen LogP contribution is 2.31. The second-order valence-corrected chi connectivity index (χ2v) is 5.85. The molecular formula is C16H21ClF3N3O2. The fraction of sp³-hybridized carbons (Fsp3) is 0.500. The van der Waals surface area contributed by atoms with Gasteiger partial charge in [-0.15, -0.1) is 12.4 Å². The molecule has 1 aliphatic heterocycles. The Hall–Kier alpha value is -1.96. The Morgan fingerprint density at radius 3 is 2.52 bits per heavy atom. The van der Waals surface area contributed by atoms with Crippen LogP contribution in [0.2, 0.25) is 0 Å². The number of hydrogen-bond donors (Lipinski definition) is 2. The lowest BCUT2D eigenvalue weighted by Crippen LogP contribution is -2.42. The van der Waals surface area contributed by atoms with Crippen molar-refractivity contribution in [3.63, 3.8) is 0 Å². The number of halogens is 4. The molecule has 0 radical (unpaired) electrons. The third kappa shape index (κ3) is 6.45. The van der Waals surface area contributed by atoms with Gasteiger partial charge in [-0.25, -0.2) is 0 Å². The molecule has 1 fully saturated rings. The number of nitrogens with one attached hydrogen (secondary N) is 1. The van der Waals surface area contributed by atoms with E-state index in [1.165, 1.54) is 12.1 Å². The summed E-state index contributed by atoms with van der Waals surface area (Å²) in [5.74, 6) is -0.253. The highest BCUT2D eigenvalue weighted by atomic mass is 35.5. The molecule has 0 amide bonds. The van der Waals surface area contributed by atoms with Crippen LogP contribution >= 0.6 is 12.4 Å². The molecule has 1 aromatic carbocycles. The van der Waals surface area contributed by atoms with Gasteiger partial charge in [0.05, 0.1) is 5.56 Å². The fourth-order valence-corrected chi connectivity index (χ4v) is 2.70. The average molecular weight is 380 g/mol. The number of likely N-dealkylation sites (tertiary alicyclic amines) is 1. The molecule has 140 valence electrons. The van der Waals surface area contributed by atoms with Crippen LogP contribution in [0.25, 0.3) is 0 Å². The first-order valence-electron chi connectivity index (χ1n) is 7.72. The van der Waals surface area contributed by atoms with Gasteiger partial charge in [-0.3, -0.25) is 10.2 Å². The largest absolute Gasteiger partial charge is 0.427 e. The summed E-state index contributed by atoms with van der Waals surface area (Å²) in [5, 5.41) is 7.36. The van der Waals surface area contributed by atoms with Gasteiger partial charge >= 0.3 is 12.1 Å². The molecule has 1 aliphatic rings.